The predicted molar refractivity (Wildman–Crippen MR) is 111 cm³/mol. The minimum absolute atomic E-state index is 0.0609. The van der Waals surface area contributed by atoms with E-state index < -0.39 is 5.91 Å². The number of anilines is 1. The Morgan fingerprint density at radius 1 is 1.23 bits per heavy atom. The average Bonchev–Trinajstić information content (AvgIpc) is 3.20. The van der Waals surface area contributed by atoms with E-state index in [0.29, 0.717) is 11.1 Å². The van der Waals surface area contributed by atoms with Gasteiger partial charge in [0.1, 0.15) is 18.1 Å². The molecule has 3 rings (SSSR count). The maximum Gasteiger partial charge on any atom is 0.263 e. The number of halogens is 1. The van der Waals surface area contributed by atoms with Crippen molar-refractivity contribution < 1.29 is 14.3 Å². The maximum atomic E-state index is 13.0. The van der Waals surface area contributed by atoms with Gasteiger partial charge in [0.15, 0.2) is 0 Å². The van der Waals surface area contributed by atoms with Gasteiger partial charge in [-0.3, -0.25) is 4.79 Å². The lowest BCUT2D eigenvalue weighted by Gasteiger charge is -2.21. The first-order valence-corrected chi connectivity index (χ1v) is 9.43. The molecule has 10 heteroatoms. The fourth-order valence-corrected chi connectivity index (χ4v) is 2.79. The van der Waals surface area contributed by atoms with Crippen molar-refractivity contribution >= 4 is 17.8 Å². The third kappa shape index (κ3) is 5.16. The quantitative estimate of drug-likeness (QED) is 0.434. The summed E-state index contributed by atoms with van der Waals surface area (Å²) < 4.78 is 13.0. The van der Waals surface area contributed by atoms with Crippen LogP contribution in [0, 0.1) is 5.82 Å². The van der Waals surface area contributed by atoms with E-state index in [9.17, 15) is 14.3 Å². The molecule has 0 atom stereocenters. The molecule has 0 fully saturated rings. The number of hydrazone groups is 1. The summed E-state index contributed by atoms with van der Waals surface area (Å²) in [6.45, 7) is 5.56. The standard InChI is InChI=1S/C20H22FN7O2/c1-3-27(4-2)17-9-10-18(29)15(11-17)12-22-23-19(30)13-28-25-20(24-26-28)14-5-7-16(21)8-6-14/h5-12,29H,3-4,13H2,1-2H3,(H,23,30)/b22-12-. The molecule has 0 saturated carbocycles. The highest BCUT2D eigenvalue weighted by molar-refractivity contribution is 5.86. The van der Waals surface area contributed by atoms with E-state index in [0.717, 1.165) is 23.6 Å². The van der Waals surface area contributed by atoms with Gasteiger partial charge in [-0.2, -0.15) is 9.90 Å². The number of rotatable bonds is 8. The highest BCUT2D eigenvalue weighted by Gasteiger charge is 2.10. The van der Waals surface area contributed by atoms with Gasteiger partial charge in [0, 0.05) is 29.9 Å². The van der Waals surface area contributed by atoms with Crippen LogP contribution in [0.5, 0.6) is 5.75 Å². The van der Waals surface area contributed by atoms with Crippen molar-refractivity contribution in [2.24, 2.45) is 5.10 Å². The predicted octanol–water partition coefficient (Wildman–Crippen LogP) is 2.18. The molecule has 0 aliphatic heterocycles. The molecule has 0 unspecified atom stereocenters. The summed E-state index contributed by atoms with van der Waals surface area (Å²) in [6.07, 6.45) is 1.37. The lowest BCUT2D eigenvalue weighted by atomic mass is 10.2. The van der Waals surface area contributed by atoms with E-state index in [2.05, 4.69) is 30.8 Å². The molecular weight excluding hydrogens is 389 g/mol. The van der Waals surface area contributed by atoms with Crippen LogP contribution in [0.4, 0.5) is 10.1 Å². The SMILES string of the molecule is CCN(CC)c1ccc(O)c(/C=N\NC(=O)Cn2nnc(-c3ccc(F)cc3)n2)c1. The van der Waals surface area contributed by atoms with Crippen molar-refractivity contribution in [2.45, 2.75) is 20.4 Å². The minimum Gasteiger partial charge on any atom is -0.507 e. The van der Waals surface area contributed by atoms with Crippen LogP contribution in [-0.2, 0) is 11.3 Å². The summed E-state index contributed by atoms with van der Waals surface area (Å²) in [7, 11) is 0. The molecule has 2 aromatic carbocycles. The highest BCUT2D eigenvalue weighted by atomic mass is 19.1. The van der Waals surface area contributed by atoms with E-state index >= 15 is 0 Å². The Kier molecular flexibility index (Phi) is 6.68. The largest absolute Gasteiger partial charge is 0.507 e. The van der Waals surface area contributed by atoms with E-state index in [-0.39, 0.29) is 23.9 Å². The maximum absolute atomic E-state index is 13.0. The van der Waals surface area contributed by atoms with Gasteiger partial charge in [0.25, 0.3) is 5.91 Å². The second-order valence-corrected chi connectivity index (χ2v) is 6.36. The molecule has 1 amide bonds. The van der Waals surface area contributed by atoms with E-state index in [1.54, 1.807) is 12.1 Å². The van der Waals surface area contributed by atoms with Crippen LogP contribution in [0.25, 0.3) is 11.4 Å². The zero-order valence-corrected chi connectivity index (χ0v) is 16.7. The third-order valence-electron chi connectivity index (χ3n) is 4.37. The van der Waals surface area contributed by atoms with Gasteiger partial charge in [0.2, 0.25) is 5.82 Å². The van der Waals surface area contributed by atoms with Crippen LogP contribution >= 0.6 is 0 Å². The molecule has 0 saturated heterocycles. The molecule has 1 aromatic heterocycles. The summed E-state index contributed by atoms with van der Waals surface area (Å²) in [5.41, 5.74) is 4.39. The van der Waals surface area contributed by atoms with E-state index in [1.165, 1.54) is 30.5 Å². The molecule has 0 aliphatic carbocycles. The normalized spacial score (nSPS) is 11.0. The summed E-state index contributed by atoms with van der Waals surface area (Å²) in [5, 5.41) is 25.7. The number of phenols is 1. The van der Waals surface area contributed by atoms with Crippen LogP contribution in [0.15, 0.2) is 47.6 Å². The summed E-state index contributed by atoms with van der Waals surface area (Å²) in [4.78, 5) is 15.3. The molecule has 156 valence electrons. The van der Waals surface area contributed by atoms with Gasteiger partial charge in [-0.05, 0) is 61.5 Å². The molecule has 2 N–H and O–H groups in total. The molecule has 0 bridgehead atoms. The fraction of sp³-hybridized carbons (Fsp3) is 0.250. The first kappa shape index (κ1) is 20.9. The number of nitrogens with one attached hydrogen (secondary N) is 1. The number of aromatic hydroxyl groups is 1. The Labute approximate surface area is 172 Å². The Hall–Kier alpha value is -3.82. The van der Waals surface area contributed by atoms with Crippen molar-refractivity contribution in [3.63, 3.8) is 0 Å². The second-order valence-electron chi connectivity index (χ2n) is 6.36. The van der Waals surface area contributed by atoms with Crippen LogP contribution in [0.1, 0.15) is 19.4 Å². The van der Waals surface area contributed by atoms with Gasteiger partial charge in [-0.25, -0.2) is 9.82 Å². The molecule has 0 spiro atoms. The zero-order chi connectivity index (χ0) is 21.5. The number of hydrogen-bond donors (Lipinski definition) is 2. The monoisotopic (exact) mass is 411 g/mol. The highest BCUT2D eigenvalue weighted by Crippen LogP contribution is 2.22. The number of carbonyl (C=O) groups is 1. The lowest BCUT2D eigenvalue weighted by Crippen LogP contribution is -2.24. The van der Waals surface area contributed by atoms with E-state index in [4.69, 9.17) is 0 Å². The topological polar surface area (TPSA) is 109 Å². The van der Waals surface area contributed by atoms with Crippen LogP contribution in [0.3, 0.4) is 0 Å². The van der Waals surface area contributed by atoms with Crippen molar-refractivity contribution in [3.05, 3.63) is 53.8 Å². The fourth-order valence-electron chi connectivity index (χ4n) is 2.79. The van der Waals surface area contributed by atoms with Crippen molar-refractivity contribution in [1.29, 1.82) is 0 Å². The molecule has 9 nitrogen and oxygen atoms in total. The van der Waals surface area contributed by atoms with Gasteiger partial charge in [-0.15, -0.1) is 10.2 Å². The zero-order valence-electron chi connectivity index (χ0n) is 16.7. The molecule has 3 aromatic rings. The van der Waals surface area contributed by atoms with Gasteiger partial charge in [-0.1, -0.05) is 0 Å². The van der Waals surface area contributed by atoms with Gasteiger partial charge >= 0.3 is 0 Å². The van der Waals surface area contributed by atoms with Crippen LogP contribution in [0.2, 0.25) is 0 Å². The molecule has 0 radical (unpaired) electrons. The third-order valence-corrected chi connectivity index (χ3v) is 4.37. The number of tetrazole rings is 1. The number of hydrogen-bond acceptors (Lipinski definition) is 7. The Bertz CT molecular complexity index is 1030. The summed E-state index contributed by atoms with van der Waals surface area (Å²) in [5.74, 6) is -0.485. The van der Waals surface area contributed by atoms with Crippen LogP contribution < -0.4 is 10.3 Å². The average molecular weight is 411 g/mol. The smallest absolute Gasteiger partial charge is 0.263 e. The second kappa shape index (κ2) is 9.59. The number of phenolic OH excluding ortho intramolecular Hbond substituents is 1. The van der Waals surface area contributed by atoms with Crippen molar-refractivity contribution in [3.8, 4) is 17.1 Å². The summed E-state index contributed by atoms with van der Waals surface area (Å²) in [6, 6.07) is 10.9. The number of aromatic nitrogens is 4. The Morgan fingerprint density at radius 3 is 2.67 bits per heavy atom. The van der Waals surface area contributed by atoms with Crippen LogP contribution in [-0.4, -0.2) is 50.5 Å². The number of amides is 1. The lowest BCUT2D eigenvalue weighted by molar-refractivity contribution is -0.122. The molecule has 1 heterocycles. The molecular formula is C20H22FN7O2. The Balaban J connectivity index is 1.60. The molecule has 0 aliphatic rings. The number of nitrogens with zero attached hydrogens (tertiary/aromatic N) is 6. The number of carbonyl (C=O) groups excluding carboxylic acids is 1. The van der Waals surface area contributed by atoms with Gasteiger partial charge in [0.05, 0.1) is 6.21 Å². The first-order valence-electron chi connectivity index (χ1n) is 9.43. The number of benzene rings is 2. The van der Waals surface area contributed by atoms with E-state index in [1.807, 2.05) is 19.9 Å². The first-order chi connectivity index (χ1) is 14.5. The molecule has 30 heavy (non-hydrogen) atoms. The van der Waals surface area contributed by atoms with Crippen molar-refractivity contribution in [1.82, 2.24) is 25.6 Å². The summed E-state index contributed by atoms with van der Waals surface area (Å²) >= 11 is 0. The van der Waals surface area contributed by atoms with Crippen molar-refractivity contribution in [2.75, 3.05) is 18.0 Å². The Morgan fingerprint density at radius 2 is 1.97 bits per heavy atom. The minimum atomic E-state index is -0.464. The van der Waals surface area contributed by atoms with Gasteiger partial charge < -0.3 is 10.0 Å².